The van der Waals surface area contributed by atoms with Crippen LogP contribution in [0.1, 0.15) is 36.0 Å². The smallest absolute Gasteiger partial charge is 0.268 e. The summed E-state index contributed by atoms with van der Waals surface area (Å²) in [4.78, 5) is 17.4. The zero-order valence-corrected chi connectivity index (χ0v) is 18.6. The van der Waals surface area contributed by atoms with Crippen molar-refractivity contribution in [3.8, 4) is 0 Å². The van der Waals surface area contributed by atoms with Gasteiger partial charge in [0, 0.05) is 49.4 Å². The number of nitrogens with zero attached hydrogens (tertiary/aromatic N) is 3. The molecule has 0 spiro atoms. The van der Waals surface area contributed by atoms with E-state index in [2.05, 4.69) is 4.90 Å². The van der Waals surface area contributed by atoms with Crippen LogP contribution in [0.5, 0.6) is 0 Å². The van der Waals surface area contributed by atoms with Crippen LogP contribution in [0.2, 0.25) is 0 Å². The molecule has 2 aromatic carbocycles. The van der Waals surface area contributed by atoms with Crippen molar-refractivity contribution >= 4 is 26.8 Å². The minimum Gasteiger partial charge on any atom is -0.336 e. The van der Waals surface area contributed by atoms with Gasteiger partial charge >= 0.3 is 0 Å². The molecule has 1 aliphatic heterocycles. The maximum absolute atomic E-state index is 13.6. The Kier molecular flexibility index (Phi) is 5.51. The number of hydrogen-bond acceptors (Lipinski definition) is 4. The molecule has 1 saturated carbocycles. The summed E-state index contributed by atoms with van der Waals surface area (Å²) < 4.78 is 40.7. The number of piperazine rings is 1. The highest BCUT2D eigenvalue weighted by molar-refractivity contribution is 7.90. The number of hydrogen-bond donors (Lipinski definition) is 0. The van der Waals surface area contributed by atoms with E-state index in [4.69, 9.17) is 0 Å². The Balaban J connectivity index is 1.35. The van der Waals surface area contributed by atoms with Crippen molar-refractivity contribution in [3.05, 3.63) is 66.1 Å². The van der Waals surface area contributed by atoms with Gasteiger partial charge in [-0.1, -0.05) is 18.9 Å². The van der Waals surface area contributed by atoms with Crippen molar-refractivity contribution in [2.24, 2.45) is 0 Å². The number of rotatable bonds is 4. The van der Waals surface area contributed by atoms with Gasteiger partial charge < -0.3 is 4.90 Å². The van der Waals surface area contributed by atoms with Crippen LogP contribution in [0.3, 0.4) is 0 Å². The Bertz CT molecular complexity index is 1260. The molecular weight excluding hydrogens is 429 g/mol. The van der Waals surface area contributed by atoms with Crippen LogP contribution in [0, 0.1) is 5.82 Å². The van der Waals surface area contributed by atoms with Gasteiger partial charge in [0.25, 0.3) is 15.9 Å². The molecule has 5 rings (SSSR count). The summed E-state index contributed by atoms with van der Waals surface area (Å²) in [5, 5.41) is 0.653. The molecule has 1 amide bonds. The molecule has 1 aliphatic carbocycles. The zero-order chi connectivity index (χ0) is 22.3. The second kappa shape index (κ2) is 8.33. The first kappa shape index (κ1) is 21.2. The molecule has 0 N–H and O–H groups in total. The maximum atomic E-state index is 13.6. The Labute approximate surface area is 187 Å². The van der Waals surface area contributed by atoms with Gasteiger partial charge in [0.1, 0.15) is 5.82 Å². The second-order valence-corrected chi connectivity index (χ2v) is 10.4. The number of fused-ring (bicyclic) bond motifs is 1. The van der Waals surface area contributed by atoms with Crippen LogP contribution in [-0.4, -0.2) is 60.3 Å². The number of benzene rings is 2. The lowest BCUT2D eigenvalue weighted by Gasteiger charge is -2.38. The van der Waals surface area contributed by atoms with Crippen molar-refractivity contribution in [1.29, 1.82) is 0 Å². The topological polar surface area (TPSA) is 62.6 Å². The third-order valence-electron chi connectivity index (χ3n) is 6.70. The molecule has 2 heterocycles. The molecule has 0 unspecified atom stereocenters. The molecular formula is C24H26FN3O3S. The average molecular weight is 456 g/mol. The monoisotopic (exact) mass is 455 g/mol. The first-order valence-corrected chi connectivity index (χ1v) is 12.5. The molecule has 1 saturated heterocycles. The standard InChI is InChI=1S/C24H26FN3O3S/c25-20-4-3-7-22(17-20)32(30,31)28-11-10-18-16-19(8-9-23(18)28)24(29)27-14-12-26(13-15-27)21-5-1-2-6-21/h3-4,7-11,16-17,21H,1-2,5-6,12-15H2. The Morgan fingerprint density at radius 2 is 1.69 bits per heavy atom. The lowest BCUT2D eigenvalue weighted by atomic mass is 10.1. The van der Waals surface area contributed by atoms with Gasteiger partial charge in [-0.3, -0.25) is 9.69 Å². The first-order valence-electron chi connectivity index (χ1n) is 11.1. The van der Waals surface area contributed by atoms with E-state index in [1.54, 1.807) is 24.3 Å². The van der Waals surface area contributed by atoms with E-state index in [1.165, 1.54) is 50.1 Å². The lowest BCUT2D eigenvalue weighted by Crippen LogP contribution is -2.51. The summed E-state index contributed by atoms with van der Waals surface area (Å²) >= 11 is 0. The van der Waals surface area contributed by atoms with E-state index in [9.17, 15) is 17.6 Å². The molecule has 2 fully saturated rings. The van der Waals surface area contributed by atoms with Crippen LogP contribution in [0.15, 0.2) is 59.6 Å². The summed E-state index contributed by atoms with van der Waals surface area (Å²) in [6.07, 6.45) is 6.58. The highest BCUT2D eigenvalue weighted by Gasteiger charge is 2.28. The minimum absolute atomic E-state index is 0.0290. The molecule has 0 radical (unpaired) electrons. The van der Waals surface area contributed by atoms with Crippen LogP contribution < -0.4 is 0 Å². The van der Waals surface area contributed by atoms with Gasteiger partial charge in [-0.15, -0.1) is 0 Å². The largest absolute Gasteiger partial charge is 0.336 e. The Morgan fingerprint density at radius 3 is 2.41 bits per heavy atom. The highest BCUT2D eigenvalue weighted by Crippen LogP contribution is 2.26. The molecule has 0 bridgehead atoms. The lowest BCUT2D eigenvalue weighted by molar-refractivity contribution is 0.0573. The van der Waals surface area contributed by atoms with Crippen molar-refractivity contribution in [1.82, 2.24) is 13.8 Å². The fraction of sp³-hybridized carbons (Fsp3) is 0.375. The van der Waals surface area contributed by atoms with Gasteiger partial charge in [-0.05, 0) is 55.3 Å². The molecule has 0 atom stereocenters. The number of aromatic nitrogens is 1. The number of carbonyl (C=O) groups is 1. The van der Waals surface area contributed by atoms with Gasteiger partial charge in [0.05, 0.1) is 10.4 Å². The quantitative estimate of drug-likeness (QED) is 0.602. The first-order chi connectivity index (χ1) is 15.4. The summed E-state index contributed by atoms with van der Waals surface area (Å²) in [5.41, 5.74) is 1.00. The average Bonchev–Trinajstić information content (AvgIpc) is 3.49. The van der Waals surface area contributed by atoms with Crippen molar-refractivity contribution < 1.29 is 17.6 Å². The van der Waals surface area contributed by atoms with Crippen LogP contribution in [-0.2, 0) is 10.0 Å². The summed E-state index contributed by atoms with van der Waals surface area (Å²) in [6, 6.07) is 12.3. The van der Waals surface area contributed by atoms with E-state index in [-0.39, 0.29) is 10.8 Å². The fourth-order valence-corrected chi connectivity index (χ4v) is 6.33. The van der Waals surface area contributed by atoms with Crippen LogP contribution >= 0.6 is 0 Å². The number of amides is 1. The van der Waals surface area contributed by atoms with E-state index in [1.807, 2.05) is 4.90 Å². The normalized spacial score (nSPS) is 18.5. The van der Waals surface area contributed by atoms with E-state index in [0.717, 1.165) is 23.1 Å². The summed E-state index contributed by atoms with van der Waals surface area (Å²) in [5.74, 6) is -0.637. The highest BCUT2D eigenvalue weighted by atomic mass is 32.2. The molecule has 2 aliphatic rings. The zero-order valence-electron chi connectivity index (χ0n) is 17.8. The SMILES string of the molecule is O=C(c1ccc2c(ccn2S(=O)(=O)c2cccc(F)c2)c1)N1CCN(C2CCCC2)CC1. The van der Waals surface area contributed by atoms with Crippen molar-refractivity contribution in [2.75, 3.05) is 26.2 Å². The minimum atomic E-state index is -3.94. The molecule has 3 aromatic rings. The molecule has 168 valence electrons. The second-order valence-electron chi connectivity index (χ2n) is 8.61. The summed E-state index contributed by atoms with van der Waals surface area (Å²) in [6.45, 7) is 3.23. The third-order valence-corrected chi connectivity index (χ3v) is 8.38. The van der Waals surface area contributed by atoms with Crippen LogP contribution in [0.4, 0.5) is 4.39 Å². The molecule has 1 aromatic heterocycles. The molecule has 32 heavy (non-hydrogen) atoms. The van der Waals surface area contributed by atoms with E-state index >= 15 is 0 Å². The van der Waals surface area contributed by atoms with Crippen LogP contribution in [0.25, 0.3) is 10.9 Å². The van der Waals surface area contributed by atoms with Gasteiger partial charge in [0.15, 0.2) is 0 Å². The third kappa shape index (κ3) is 3.82. The Morgan fingerprint density at radius 1 is 0.938 bits per heavy atom. The van der Waals surface area contributed by atoms with Crippen molar-refractivity contribution in [2.45, 2.75) is 36.6 Å². The number of carbonyl (C=O) groups excluding carboxylic acids is 1. The predicted octanol–water partition coefficient (Wildman–Crippen LogP) is 3.72. The van der Waals surface area contributed by atoms with Gasteiger partial charge in [-0.2, -0.15) is 0 Å². The number of halogens is 1. The Hall–Kier alpha value is -2.71. The molecule has 8 heteroatoms. The van der Waals surface area contributed by atoms with Crippen molar-refractivity contribution in [3.63, 3.8) is 0 Å². The molecule has 6 nitrogen and oxygen atoms in total. The van der Waals surface area contributed by atoms with E-state index < -0.39 is 15.8 Å². The maximum Gasteiger partial charge on any atom is 0.268 e. The van der Waals surface area contributed by atoms with Gasteiger partial charge in [0.2, 0.25) is 0 Å². The van der Waals surface area contributed by atoms with E-state index in [0.29, 0.717) is 35.6 Å². The fourth-order valence-electron chi connectivity index (χ4n) is 4.94. The summed E-state index contributed by atoms with van der Waals surface area (Å²) in [7, 11) is -3.94. The van der Waals surface area contributed by atoms with Gasteiger partial charge in [-0.25, -0.2) is 16.8 Å². The predicted molar refractivity (Wildman–Crippen MR) is 121 cm³/mol.